The van der Waals surface area contributed by atoms with Crippen LogP contribution in [0.25, 0.3) is 0 Å². The van der Waals surface area contributed by atoms with Crippen LogP contribution in [-0.2, 0) is 33.2 Å². The van der Waals surface area contributed by atoms with E-state index in [0.29, 0.717) is 12.4 Å². The number of aliphatic carboxylic acids is 1. The van der Waals surface area contributed by atoms with Gasteiger partial charge in [-0.25, -0.2) is 4.79 Å². The summed E-state index contributed by atoms with van der Waals surface area (Å²) in [5, 5.41) is 7.93. The monoisotopic (exact) mass is 840 g/mol. The average molecular weight is 841 g/mol. The molecule has 1 saturated carbocycles. The highest BCUT2D eigenvalue weighted by Gasteiger charge is 2.44. The van der Waals surface area contributed by atoms with Crippen molar-refractivity contribution in [3.8, 4) is 0 Å². The fourth-order valence-electron chi connectivity index (χ4n) is 2.25. The second-order valence-corrected chi connectivity index (χ2v) is 17.3. The lowest BCUT2D eigenvalue weighted by Gasteiger charge is -2.23. The van der Waals surface area contributed by atoms with E-state index in [-0.39, 0.29) is 5.60 Å². The predicted molar refractivity (Wildman–Crippen MR) is 184 cm³/mol. The first-order valence-electron chi connectivity index (χ1n) is 16.6. The molecule has 0 spiro atoms. The maximum Gasteiger partial charge on any atom is 0.523 e. The van der Waals surface area contributed by atoms with Crippen LogP contribution in [0.15, 0.2) is 12.3 Å². The van der Waals surface area contributed by atoms with Crippen LogP contribution < -0.4 is 0 Å². The SMILES string of the molecule is CC(C)(C)OC(F)(F)C(=O)O.CC(C)(C)OC(F)(F)F.CC(C)(C)OC(F)F.CC(C)(C)OC1CC1.CC(C)(C)OC=C(F)F.CC(C)(C)OCC(F)(F)F. The second-order valence-electron chi connectivity index (χ2n) is 17.3. The molecule has 8 nitrogen and oxygen atoms in total. The molecule has 20 heteroatoms. The quantitative estimate of drug-likeness (QED) is 0.209. The molecule has 0 amide bonds. The summed E-state index contributed by atoms with van der Waals surface area (Å²) in [6.07, 6.45) is -11.0. The van der Waals surface area contributed by atoms with Gasteiger partial charge >= 0.3 is 37.3 Å². The van der Waals surface area contributed by atoms with E-state index in [1.54, 1.807) is 62.3 Å². The fraction of sp³-hybridized carbons (Fsp3) is 0.914. The van der Waals surface area contributed by atoms with E-state index >= 15 is 0 Å². The van der Waals surface area contributed by atoms with Crippen LogP contribution in [0.3, 0.4) is 0 Å². The molecule has 336 valence electrons. The van der Waals surface area contributed by atoms with Crippen molar-refractivity contribution in [1.29, 1.82) is 0 Å². The summed E-state index contributed by atoms with van der Waals surface area (Å²) in [6.45, 7) is 25.2. The van der Waals surface area contributed by atoms with Crippen molar-refractivity contribution in [2.45, 2.75) is 202 Å². The summed E-state index contributed by atoms with van der Waals surface area (Å²) in [6, 6.07) is 0. The maximum absolute atomic E-state index is 12.2. The number of carboxylic acid groups (broad SMARTS) is 1. The summed E-state index contributed by atoms with van der Waals surface area (Å²) in [5.41, 5.74) is -4.19. The Hall–Kier alpha value is -2.03. The van der Waals surface area contributed by atoms with Gasteiger partial charge in [0.1, 0.15) is 18.5 Å². The van der Waals surface area contributed by atoms with Gasteiger partial charge in [0.15, 0.2) is 0 Å². The summed E-state index contributed by atoms with van der Waals surface area (Å²) >= 11 is 0. The molecule has 0 heterocycles. The molecule has 1 rings (SSSR count). The standard InChI is InChI=1S/C7H14O.C6H11F3O.C6H10F2O3.C6H10F2O.C5H9F3O.C5H10F2O/c1-7(2,3)8-6-4-5-6;1-5(2,3)10-4-6(7,8)9;1-5(2,3)11-6(7,8)4(9)10;1-6(2,3)9-4-5(7)8;1-4(2,3)9-5(6,7)8;1-5(2,3)8-4(6)7/h6H,4-5H2,1-3H3;4H2,1-3H3;1-3H3,(H,9,10);4H,1-3H3;1-3H3;4H,1-3H3. The van der Waals surface area contributed by atoms with Gasteiger partial charge in [0.2, 0.25) is 0 Å². The van der Waals surface area contributed by atoms with E-state index in [1.165, 1.54) is 54.4 Å². The lowest BCUT2D eigenvalue weighted by molar-refractivity contribution is -0.358. The Morgan fingerprint density at radius 3 is 1.07 bits per heavy atom. The molecular weight excluding hydrogens is 776 g/mol. The minimum atomic E-state index is -4.52. The zero-order chi connectivity index (χ0) is 45.9. The number of ether oxygens (including phenoxy) is 6. The van der Waals surface area contributed by atoms with Gasteiger partial charge in [-0.05, 0) is 137 Å². The first-order chi connectivity index (χ1) is 23.5. The summed E-state index contributed by atoms with van der Waals surface area (Å²) in [7, 11) is 0. The van der Waals surface area contributed by atoms with Crippen molar-refractivity contribution >= 4 is 5.97 Å². The largest absolute Gasteiger partial charge is 0.523 e. The first-order valence-corrected chi connectivity index (χ1v) is 16.6. The Morgan fingerprint density at radius 2 is 1.00 bits per heavy atom. The number of halogens is 12. The highest BCUT2D eigenvalue weighted by molar-refractivity contribution is 5.73. The Labute approximate surface area is 318 Å². The highest BCUT2D eigenvalue weighted by Crippen LogP contribution is 2.28. The van der Waals surface area contributed by atoms with Gasteiger partial charge < -0.3 is 28.8 Å². The number of hydrogen-bond acceptors (Lipinski definition) is 7. The zero-order valence-corrected chi connectivity index (χ0v) is 35.2. The third-order valence-corrected chi connectivity index (χ3v) is 3.76. The molecule has 0 aromatic heterocycles. The van der Waals surface area contributed by atoms with Crippen LogP contribution >= 0.6 is 0 Å². The molecule has 0 unspecified atom stereocenters. The van der Waals surface area contributed by atoms with Crippen molar-refractivity contribution in [2.24, 2.45) is 0 Å². The molecule has 0 aliphatic heterocycles. The van der Waals surface area contributed by atoms with Crippen LogP contribution in [0.5, 0.6) is 0 Å². The fourth-order valence-corrected chi connectivity index (χ4v) is 2.25. The van der Waals surface area contributed by atoms with E-state index < -0.39 is 71.9 Å². The van der Waals surface area contributed by atoms with Gasteiger partial charge in [0.25, 0.3) is 0 Å². The molecule has 0 bridgehead atoms. The molecule has 1 aliphatic rings. The Kier molecular flexibility index (Phi) is 27.9. The van der Waals surface area contributed by atoms with Gasteiger partial charge in [0.05, 0.1) is 34.1 Å². The van der Waals surface area contributed by atoms with Crippen LogP contribution in [0.1, 0.15) is 137 Å². The molecule has 0 saturated heterocycles. The molecule has 1 N–H and O–H groups in total. The van der Waals surface area contributed by atoms with E-state index in [9.17, 15) is 57.5 Å². The minimum absolute atomic E-state index is 0.0845. The predicted octanol–water partition coefficient (Wildman–Crippen LogP) is 12.7. The van der Waals surface area contributed by atoms with Crippen molar-refractivity contribution in [1.82, 2.24) is 0 Å². The van der Waals surface area contributed by atoms with Crippen molar-refractivity contribution in [3.63, 3.8) is 0 Å². The van der Waals surface area contributed by atoms with Crippen LogP contribution in [-0.4, -0.2) is 82.7 Å². The van der Waals surface area contributed by atoms with Gasteiger partial charge in [-0.3, -0.25) is 4.74 Å². The first kappa shape index (κ1) is 62.2. The van der Waals surface area contributed by atoms with Gasteiger partial charge in [0, 0.05) is 0 Å². The summed E-state index contributed by atoms with van der Waals surface area (Å²) < 4.78 is 164. The molecule has 55 heavy (non-hydrogen) atoms. The van der Waals surface area contributed by atoms with E-state index in [1.807, 2.05) is 0 Å². The lowest BCUT2D eigenvalue weighted by Crippen LogP contribution is -2.39. The molecule has 0 aromatic carbocycles. The average Bonchev–Trinajstić information content (AvgIpc) is 3.59. The topological polar surface area (TPSA) is 92.7 Å². The number of carbonyl (C=O) groups is 1. The summed E-state index contributed by atoms with van der Waals surface area (Å²) in [5.74, 6) is -2.27. The molecule has 0 radical (unpaired) electrons. The van der Waals surface area contributed by atoms with Crippen molar-refractivity contribution < 1.29 is 91.0 Å². The molecule has 1 aliphatic carbocycles. The van der Waals surface area contributed by atoms with Crippen molar-refractivity contribution in [2.75, 3.05) is 6.61 Å². The van der Waals surface area contributed by atoms with Gasteiger partial charge in [-0.1, -0.05) is 0 Å². The third kappa shape index (κ3) is 73.7. The maximum atomic E-state index is 12.2. The highest BCUT2D eigenvalue weighted by atomic mass is 19.4. The lowest BCUT2D eigenvalue weighted by atomic mass is 10.2. The van der Waals surface area contributed by atoms with Crippen LogP contribution in [0.4, 0.5) is 52.7 Å². The van der Waals surface area contributed by atoms with Gasteiger partial charge in [-0.15, -0.1) is 13.2 Å². The molecule has 0 atom stereocenters. The number of hydrogen-bond donors (Lipinski definition) is 1. The Balaban J connectivity index is -0.000000182. The van der Waals surface area contributed by atoms with Crippen LogP contribution in [0, 0.1) is 0 Å². The molecule has 0 aromatic rings. The third-order valence-electron chi connectivity index (χ3n) is 3.76. The van der Waals surface area contributed by atoms with E-state index in [4.69, 9.17) is 9.84 Å². The van der Waals surface area contributed by atoms with Crippen LogP contribution in [0.2, 0.25) is 0 Å². The number of rotatable bonds is 6. The summed E-state index contributed by atoms with van der Waals surface area (Å²) in [4.78, 5) is 9.82. The zero-order valence-electron chi connectivity index (χ0n) is 35.2. The Morgan fingerprint density at radius 1 is 0.618 bits per heavy atom. The minimum Gasteiger partial charge on any atom is -0.490 e. The molecule has 1 fully saturated rings. The second kappa shape index (κ2) is 24.7. The molecular formula is C35H64F12O8. The smallest absolute Gasteiger partial charge is 0.490 e. The number of alkyl halides is 10. The normalized spacial score (nSPS) is 14.2. The number of carboxylic acids is 1. The van der Waals surface area contributed by atoms with Crippen molar-refractivity contribution in [3.05, 3.63) is 12.3 Å². The Bertz CT molecular complexity index is 990. The van der Waals surface area contributed by atoms with Gasteiger partial charge in [-0.2, -0.15) is 39.5 Å². The van der Waals surface area contributed by atoms with E-state index in [0.717, 1.165) is 0 Å². The van der Waals surface area contributed by atoms with E-state index in [2.05, 4.69) is 44.5 Å².